The quantitative estimate of drug-likeness (QED) is 0.725. The molecule has 0 bridgehead atoms. The zero-order chi connectivity index (χ0) is 15.0. The molecule has 0 saturated carbocycles. The molecule has 1 aromatic carbocycles. The molecule has 1 heterocycles. The van der Waals surface area contributed by atoms with Crippen molar-refractivity contribution in [2.45, 2.75) is 11.8 Å². The van der Waals surface area contributed by atoms with Crippen molar-refractivity contribution >= 4 is 23.4 Å². The average molecular weight is 306 g/mol. The lowest BCUT2D eigenvalue weighted by Crippen LogP contribution is -2.49. The number of rotatable bonds is 0. The van der Waals surface area contributed by atoms with E-state index in [4.69, 9.17) is 16.7 Å². The van der Waals surface area contributed by atoms with Crippen LogP contribution in [0, 0.1) is 11.8 Å². The van der Waals surface area contributed by atoms with Gasteiger partial charge in [0.15, 0.2) is 0 Å². The number of alkyl halides is 3. The maximum atomic E-state index is 13.4. The van der Waals surface area contributed by atoms with Gasteiger partial charge >= 0.3 is 12.3 Å². The van der Waals surface area contributed by atoms with Crippen LogP contribution in [0.5, 0.6) is 0 Å². The first-order valence-corrected chi connectivity index (χ1v) is 5.65. The highest BCUT2D eigenvalue weighted by molar-refractivity contribution is 6.30. The van der Waals surface area contributed by atoms with Gasteiger partial charge in [-0.05, 0) is 24.1 Å². The summed E-state index contributed by atoms with van der Waals surface area (Å²) in [6, 6.07) is 3.56. The molecule has 1 atom stereocenters. The van der Waals surface area contributed by atoms with Crippen LogP contribution in [-0.4, -0.2) is 24.0 Å². The third kappa shape index (κ3) is 2.28. The molecule has 2 N–H and O–H groups in total. The van der Waals surface area contributed by atoms with E-state index >= 15 is 0 Å². The second-order valence-corrected chi connectivity index (χ2v) is 4.28. The van der Waals surface area contributed by atoms with Crippen LogP contribution in [0.4, 0.5) is 23.7 Å². The molecule has 0 unspecified atom stereocenters. The van der Waals surface area contributed by atoms with Crippen molar-refractivity contribution in [3.8, 4) is 11.8 Å². The van der Waals surface area contributed by atoms with Gasteiger partial charge in [-0.3, -0.25) is 5.32 Å². The van der Waals surface area contributed by atoms with Crippen LogP contribution in [0.2, 0.25) is 5.02 Å². The van der Waals surface area contributed by atoms with E-state index < -0.39 is 30.0 Å². The minimum absolute atomic E-state index is 0.0305. The third-order valence-corrected chi connectivity index (χ3v) is 2.82. The number of anilines is 1. The number of nitrogens with one attached hydrogen (secondary N) is 1. The Morgan fingerprint density at radius 3 is 2.75 bits per heavy atom. The number of ether oxygens (including phenoxy) is 1. The molecule has 1 aromatic rings. The molecule has 106 valence electrons. The fourth-order valence-electron chi connectivity index (χ4n) is 1.78. The Morgan fingerprint density at radius 2 is 2.15 bits per heavy atom. The largest absolute Gasteiger partial charge is 0.445 e. The molecule has 0 spiro atoms. The Hall–Kier alpha value is -1.91. The number of aliphatic hydroxyl groups excluding tert-OH is 1. The van der Waals surface area contributed by atoms with Gasteiger partial charge in [-0.2, -0.15) is 13.2 Å². The van der Waals surface area contributed by atoms with Gasteiger partial charge in [-0.25, -0.2) is 4.79 Å². The molecular formula is C12H7ClF3NO3. The van der Waals surface area contributed by atoms with Gasteiger partial charge in [0.2, 0.25) is 0 Å². The van der Waals surface area contributed by atoms with E-state index in [-0.39, 0.29) is 10.7 Å². The van der Waals surface area contributed by atoms with Gasteiger partial charge in [0.1, 0.15) is 6.61 Å². The number of amides is 1. The summed E-state index contributed by atoms with van der Waals surface area (Å²) in [6.45, 7) is -0.807. The predicted molar refractivity (Wildman–Crippen MR) is 64.2 cm³/mol. The molecule has 2 rings (SSSR count). The summed E-state index contributed by atoms with van der Waals surface area (Å²) in [4.78, 5) is 11.3. The van der Waals surface area contributed by atoms with Crippen LogP contribution in [0.3, 0.4) is 0 Å². The summed E-state index contributed by atoms with van der Waals surface area (Å²) >= 11 is 5.69. The average Bonchev–Trinajstić information content (AvgIpc) is 2.35. The van der Waals surface area contributed by atoms with Crippen LogP contribution in [-0.2, 0) is 10.3 Å². The number of aliphatic hydroxyl groups is 1. The Bertz CT molecular complexity index is 621. The SMILES string of the molecule is O=C1Nc2ccc(Cl)cc2[C@@](C#CCO)(C(F)(F)F)O1. The van der Waals surface area contributed by atoms with E-state index in [1.54, 1.807) is 5.92 Å². The Labute approximate surface area is 116 Å². The molecule has 1 aliphatic heterocycles. The number of hydrogen-bond acceptors (Lipinski definition) is 3. The van der Waals surface area contributed by atoms with Crippen molar-refractivity contribution < 1.29 is 27.8 Å². The first kappa shape index (κ1) is 14.5. The van der Waals surface area contributed by atoms with Crippen LogP contribution >= 0.6 is 11.6 Å². The second-order valence-electron chi connectivity index (χ2n) is 3.84. The van der Waals surface area contributed by atoms with Crippen molar-refractivity contribution in [3.63, 3.8) is 0 Å². The van der Waals surface area contributed by atoms with Crippen molar-refractivity contribution in [1.82, 2.24) is 0 Å². The molecular weight excluding hydrogens is 299 g/mol. The number of halogens is 4. The minimum Gasteiger partial charge on any atom is -0.415 e. The molecule has 4 nitrogen and oxygen atoms in total. The standard InChI is InChI=1S/C12H7ClF3NO3/c13-7-2-3-9-8(6-7)11(4-1-5-18,12(14,15)16)20-10(19)17-9/h2-3,6,18H,5H2,(H,17,19)/t11-/m0/s1. The van der Waals surface area contributed by atoms with E-state index in [0.29, 0.717) is 0 Å². The van der Waals surface area contributed by atoms with Crippen molar-refractivity contribution in [2.24, 2.45) is 0 Å². The van der Waals surface area contributed by atoms with Gasteiger partial charge in [0, 0.05) is 10.6 Å². The number of carbonyl (C=O) groups is 1. The summed E-state index contributed by atoms with van der Waals surface area (Å²) in [5.74, 6) is 3.66. The fourth-order valence-corrected chi connectivity index (χ4v) is 1.96. The Kier molecular flexibility index (Phi) is 3.54. The molecule has 0 aromatic heterocycles. The van der Waals surface area contributed by atoms with Crippen LogP contribution in [0.15, 0.2) is 18.2 Å². The minimum atomic E-state index is -4.99. The summed E-state index contributed by atoms with van der Waals surface area (Å²) in [5.41, 5.74) is -3.69. The van der Waals surface area contributed by atoms with E-state index in [1.165, 1.54) is 12.1 Å². The summed E-state index contributed by atoms with van der Waals surface area (Å²) in [6.07, 6.45) is -6.28. The van der Waals surface area contributed by atoms with Gasteiger partial charge in [-0.15, -0.1) is 0 Å². The highest BCUT2D eigenvalue weighted by Crippen LogP contribution is 2.47. The molecule has 0 saturated heterocycles. The third-order valence-electron chi connectivity index (χ3n) is 2.59. The lowest BCUT2D eigenvalue weighted by molar-refractivity contribution is -0.239. The van der Waals surface area contributed by atoms with Crippen LogP contribution < -0.4 is 5.32 Å². The fraction of sp³-hybridized carbons (Fsp3) is 0.250. The number of hydrogen-bond donors (Lipinski definition) is 2. The monoisotopic (exact) mass is 305 g/mol. The number of fused-ring (bicyclic) bond motifs is 1. The highest BCUT2D eigenvalue weighted by atomic mass is 35.5. The normalized spacial score (nSPS) is 21.1. The van der Waals surface area contributed by atoms with Crippen LogP contribution in [0.1, 0.15) is 5.56 Å². The molecule has 8 heteroatoms. The summed E-state index contributed by atoms with van der Waals surface area (Å²) in [7, 11) is 0. The van der Waals surface area contributed by atoms with Crippen molar-refractivity contribution in [1.29, 1.82) is 0 Å². The topological polar surface area (TPSA) is 58.6 Å². The number of cyclic esters (lactones) is 1. The zero-order valence-corrected chi connectivity index (χ0v) is 10.5. The molecule has 1 amide bonds. The zero-order valence-electron chi connectivity index (χ0n) is 9.71. The van der Waals surface area contributed by atoms with Gasteiger partial charge in [-0.1, -0.05) is 17.5 Å². The molecule has 0 aliphatic carbocycles. The summed E-state index contributed by atoms with van der Waals surface area (Å²) in [5, 5.41) is 10.8. The summed E-state index contributed by atoms with van der Waals surface area (Å²) < 4.78 is 44.5. The van der Waals surface area contributed by atoms with Gasteiger partial charge in [0.05, 0.1) is 5.69 Å². The van der Waals surface area contributed by atoms with Crippen LogP contribution in [0.25, 0.3) is 0 Å². The Balaban J connectivity index is 2.75. The lowest BCUT2D eigenvalue weighted by Gasteiger charge is -2.35. The predicted octanol–water partition coefficient (Wildman–Crippen LogP) is 2.66. The highest BCUT2D eigenvalue weighted by Gasteiger charge is 2.61. The van der Waals surface area contributed by atoms with Gasteiger partial charge in [0.25, 0.3) is 5.60 Å². The van der Waals surface area contributed by atoms with Crippen molar-refractivity contribution in [2.75, 3.05) is 11.9 Å². The first-order chi connectivity index (χ1) is 9.30. The second kappa shape index (κ2) is 4.89. The maximum Gasteiger partial charge on any atom is 0.445 e. The molecule has 20 heavy (non-hydrogen) atoms. The molecule has 0 radical (unpaired) electrons. The smallest absolute Gasteiger partial charge is 0.415 e. The van der Waals surface area contributed by atoms with E-state index in [0.717, 1.165) is 6.07 Å². The number of benzene rings is 1. The molecule has 1 aliphatic rings. The lowest BCUT2D eigenvalue weighted by atomic mass is 9.90. The van der Waals surface area contributed by atoms with E-state index in [9.17, 15) is 18.0 Å². The molecule has 0 fully saturated rings. The maximum absolute atomic E-state index is 13.4. The van der Waals surface area contributed by atoms with E-state index in [1.807, 2.05) is 5.92 Å². The first-order valence-electron chi connectivity index (χ1n) is 5.28. The van der Waals surface area contributed by atoms with E-state index in [2.05, 4.69) is 10.1 Å². The van der Waals surface area contributed by atoms with Crippen molar-refractivity contribution in [3.05, 3.63) is 28.8 Å². The van der Waals surface area contributed by atoms with Gasteiger partial charge < -0.3 is 9.84 Å². The Morgan fingerprint density at radius 1 is 1.45 bits per heavy atom. The number of carbonyl (C=O) groups excluding carboxylic acids is 1.